The van der Waals surface area contributed by atoms with Crippen LogP contribution in [0, 0.1) is 11.3 Å². The summed E-state index contributed by atoms with van der Waals surface area (Å²) in [5.41, 5.74) is 1.79. The summed E-state index contributed by atoms with van der Waals surface area (Å²) in [5, 5.41) is 8.84. The average Bonchev–Trinajstić information content (AvgIpc) is 2.56. The quantitative estimate of drug-likeness (QED) is 0.843. The van der Waals surface area contributed by atoms with Crippen molar-refractivity contribution >= 4 is 11.6 Å². The zero-order valence-electron chi connectivity index (χ0n) is 11.7. The Bertz CT molecular complexity index is 633. The number of pyridine rings is 1. The van der Waals surface area contributed by atoms with E-state index in [4.69, 9.17) is 10.00 Å². The van der Waals surface area contributed by atoms with Crippen LogP contribution in [0.1, 0.15) is 15.9 Å². The lowest BCUT2D eigenvalue weighted by molar-refractivity contribution is 0.0975. The summed E-state index contributed by atoms with van der Waals surface area (Å²) in [6, 6.07) is 12.4. The number of carbonyl (C=O) groups is 1. The molecule has 0 aliphatic carbocycles. The minimum absolute atomic E-state index is 0.148. The van der Waals surface area contributed by atoms with E-state index in [1.807, 2.05) is 0 Å². The van der Waals surface area contributed by atoms with Gasteiger partial charge in [-0.1, -0.05) is 0 Å². The second-order valence-corrected chi connectivity index (χ2v) is 4.35. The number of hydrogen-bond donors (Lipinski definition) is 0. The highest BCUT2D eigenvalue weighted by Gasteiger charge is 2.17. The number of ether oxygens (including phenoxy) is 1. The fourth-order valence-electron chi connectivity index (χ4n) is 1.89. The number of hydrogen-bond acceptors (Lipinski definition) is 4. The van der Waals surface area contributed by atoms with Crippen LogP contribution in [-0.4, -0.2) is 31.2 Å². The van der Waals surface area contributed by atoms with Crippen molar-refractivity contribution in [1.29, 1.82) is 5.26 Å². The Morgan fingerprint density at radius 1 is 1.33 bits per heavy atom. The van der Waals surface area contributed by atoms with Gasteiger partial charge in [-0.15, -0.1) is 0 Å². The third-order valence-corrected chi connectivity index (χ3v) is 2.98. The van der Waals surface area contributed by atoms with Gasteiger partial charge in [-0.05, 0) is 36.4 Å². The first-order valence-electron chi connectivity index (χ1n) is 6.47. The second kappa shape index (κ2) is 7.17. The Labute approximate surface area is 123 Å². The van der Waals surface area contributed by atoms with Crippen molar-refractivity contribution in [2.75, 3.05) is 25.2 Å². The largest absolute Gasteiger partial charge is 0.383 e. The van der Waals surface area contributed by atoms with Crippen LogP contribution in [0.2, 0.25) is 0 Å². The van der Waals surface area contributed by atoms with Crippen LogP contribution in [0.4, 0.5) is 5.69 Å². The average molecular weight is 281 g/mol. The highest BCUT2D eigenvalue weighted by molar-refractivity contribution is 6.05. The van der Waals surface area contributed by atoms with Gasteiger partial charge in [0.15, 0.2) is 0 Å². The van der Waals surface area contributed by atoms with Gasteiger partial charge >= 0.3 is 0 Å². The predicted molar refractivity (Wildman–Crippen MR) is 78.9 cm³/mol. The van der Waals surface area contributed by atoms with Crippen LogP contribution in [0.5, 0.6) is 0 Å². The summed E-state index contributed by atoms with van der Waals surface area (Å²) >= 11 is 0. The van der Waals surface area contributed by atoms with Crippen LogP contribution in [0.3, 0.4) is 0 Å². The molecule has 0 N–H and O–H groups in total. The van der Waals surface area contributed by atoms with E-state index in [9.17, 15) is 4.79 Å². The van der Waals surface area contributed by atoms with E-state index in [-0.39, 0.29) is 5.91 Å². The van der Waals surface area contributed by atoms with E-state index in [2.05, 4.69) is 11.1 Å². The standard InChI is InChI=1S/C16H15N3O2/c1-21-10-9-19(15-6-4-13(11-17)5-7-15)16(20)14-3-2-8-18-12-14/h2-8,12H,9-10H2,1H3. The Hall–Kier alpha value is -2.71. The van der Waals surface area contributed by atoms with E-state index in [1.165, 1.54) is 6.20 Å². The molecule has 1 heterocycles. The lowest BCUT2D eigenvalue weighted by Gasteiger charge is -2.22. The van der Waals surface area contributed by atoms with Gasteiger partial charge in [-0.25, -0.2) is 0 Å². The first-order chi connectivity index (χ1) is 10.3. The van der Waals surface area contributed by atoms with Crippen molar-refractivity contribution in [3.63, 3.8) is 0 Å². The maximum absolute atomic E-state index is 12.6. The van der Waals surface area contributed by atoms with Crippen LogP contribution in [-0.2, 0) is 4.74 Å². The molecule has 2 rings (SSSR count). The Kier molecular flexibility index (Phi) is 5.02. The van der Waals surface area contributed by atoms with Gasteiger partial charge in [-0.2, -0.15) is 5.26 Å². The summed E-state index contributed by atoms with van der Waals surface area (Å²) in [6.45, 7) is 0.849. The first kappa shape index (κ1) is 14.7. The minimum Gasteiger partial charge on any atom is -0.383 e. The normalized spacial score (nSPS) is 9.90. The molecule has 2 aromatic rings. The van der Waals surface area contributed by atoms with Gasteiger partial charge in [0.2, 0.25) is 0 Å². The topological polar surface area (TPSA) is 66.2 Å². The zero-order valence-corrected chi connectivity index (χ0v) is 11.7. The van der Waals surface area contributed by atoms with Gasteiger partial charge in [0, 0.05) is 31.7 Å². The Morgan fingerprint density at radius 3 is 2.67 bits per heavy atom. The first-order valence-corrected chi connectivity index (χ1v) is 6.47. The molecule has 0 saturated carbocycles. The van der Waals surface area contributed by atoms with Crippen LogP contribution < -0.4 is 4.90 Å². The number of rotatable bonds is 5. The van der Waals surface area contributed by atoms with E-state index < -0.39 is 0 Å². The number of benzene rings is 1. The van der Waals surface area contributed by atoms with E-state index >= 15 is 0 Å². The maximum Gasteiger partial charge on any atom is 0.259 e. The Balaban J connectivity index is 2.29. The highest BCUT2D eigenvalue weighted by Crippen LogP contribution is 2.17. The predicted octanol–water partition coefficient (Wildman–Crippen LogP) is 2.25. The molecule has 0 saturated heterocycles. The maximum atomic E-state index is 12.6. The molecular formula is C16H15N3O2. The molecular weight excluding hydrogens is 266 g/mol. The molecule has 0 radical (unpaired) electrons. The van der Waals surface area contributed by atoms with Crippen LogP contribution in [0.15, 0.2) is 48.8 Å². The van der Waals surface area contributed by atoms with Crippen molar-refractivity contribution in [3.8, 4) is 6.07 Å². The summed E-state index contributed by atoms with van der Waals surface area (Å²) in [6.07, 6.45) is 3.16. The fourth-order valence-corrected chi connectivity index (χ4v) is 1.89. The van der Waals surface area contributed by atoms with E-state index in [0.29, 0.717) is 24.3 Å². The van der Waals surface area contributed by atoms with E-state index in [1.54, 1.807) is 54.6 Å². The van der Waals surface area contributed by atoms with Crippen LogP contribution in [0.25, 0.3) is 0 Å². The van der Waals surface area contributed by atoms with Crippen molar-refractivity contribution in [2.24, 2.45) is 0 Å². The van der Waals surface area contributed by atoms with Crippen LogP contribution >= 0.6 is 0 Å². The molecule has 0 fully saturated rings. The highest BCUT2D eigenvalue weighted by atomic mass is 16.5. The molecule has 5 heteroatoms. The van der Waals surface area contributed by atoms with Crippen molar-refractivity contribution in [1.82, 2.24) is 4.98 Å². The number of amides is 1. The third-order valence-electron chi connectivity index (χ3n) is 2.98. The molecule has 0 aliphatic rings. The van der Waals surface area contributed by atoms with Gasteiger partial charge in [-0.3, -0.25) is 9.78 Å². The summed E-state index contributed by atoms with van der Waals surface area (Å²) < 4.78 is 5.06. The Morgan fingerprint density at radius 2 is 2.10 bits per heavy atom. The molecule has 0 unspecified atom stereocenters. The summed E-state index contributed by atoms with van der Waals surface area (Å²) in [5.74, 6) is -0.148. The third kappa shape index (κ3) is 3.65. The van der Waals surface area contributed by atoms with Crippen molar-refractivity contribution in [3.05, 3.63) is 59.9 Å². The zero-order chi connectivity index (χ0) is 15.1. The molecule has 106 valence electrons. The lowest BCUT2D eigenvalue weighted by Crippen LogP contribution is -2.34. The van der Waals surface area contributed by atoms with Gasteiger partial charge in [0.1, 0.15) is 0 Å². The molecule has 0 spiro atoms. The number of carbonyl (C=O) groups excluding carboxylic acids is 1. The van der Waals surface area contributed by atoms with Gasteiger partial charge in [0.25, 0.3) is 5.91 Å². The number of anilines is 1. The SMILES string of the molecule is COCCN(C(=O)c1cccnc1)c1ccc(C#N)cc1. The number of methoxy groups -OCH3 is 1. The van der Waals surface area contributed by atoms with Crippen molar-refractivity contribution < 1.29 is 9.53 Å². The molecule has 0 aliphatic heterocycles. The molecule has 1 amide bonds. The summed E-state index contributed by atoms with van der Waals surface area (Å²) in [4.78, 5) is 18.2. The molecule has 21 heavy (non-hydrogen) atoms. The summed E-state index contributed by atoms with van der Waals surface area (Å²) in [7, 11) is 1.59. The monoisotopic (exact) mass is 281 g/mol. The number of nitriles is 1. The lowest BCUT2D eigenvalue weighted by atomic mass is 10.2. The smallest absolute Gasteiger partial charge is 0.259 e. The second-order valence-electron chi connectivity index (χ2n) is 4.35. The van der Waals surface area contributed by atoms with Gasteiger partial charge in [0.05, 0.1) is 23.8 Å². The van der Waals surface area contributed by atoms with E-state index in [0.717, 1.165) is 5.69 Å². The van der Waals surface area contributed by atoms with Crippen molar-refractivity contribution in [2.45, 2.75) is 0 Å². The fraction of sp³-hybridized carbons (Fsp3) is 0.188. The minimum atomic E-state index is -0.148. The molecule has 0 bridgehead atoms. The molecule has 1 aromatic carbocycles. The number of nitrogens with zero attached hydrogens (tertiary/aromatic N) is 3. The molecule has 0 atom stereocenters. The van der Waals surface area contributed by atoms with Gasteiger partial charge < -0.3 is 9.64 Å². The molecule has 5 nitrogen and oxygen atoms in total. The molecule has 1 aromatic heterocycles. The number of aromatic nitrogens is 1.